The van der Waals surface area contributed by atoms with Crippen molar-refractivity contribution in [1.29, 1.82) is 0 Å². The van der Waals surface area contributed by atoms with Crippen LogP contribution in [0, 0.1) is 6.92 Å². The summed E-state index contributed by atoms with van der Waals surface area (Å²) in [5.41, 5.74) is 8.59. The van der Waals surface area contributed by atoms with Crippen molar-refractivity contribution in [1.82, 2.24) is 0 Å². The van der Waals surface area contributed by atoms with Crippen LogP contribution in [0.3, 0.4) is 0 Å². The molecule has 126 valence electrons. The van der Waals surface area contributed by atoms with Crippen LogP contribution in [0.1, 0.15) is 5.56 Å². The lowest BCUT2D eigenvalue weighted by Gasteiger charge is -2.19. The summed E-state index contributed by atoms with van der Waals surface area (Å²) in [6, 6.07) is 34.0. The molecule has 0 unspecified atom stereocenters. The fourth-order valence-corrected chi connectivity index (χ4v) is 3.84. The number of benzene rings is 4. The average Bonchev–Trinajstić information content (AvgIpc) is 2.69. The number of aryl methyl sites for hydroxylation is 1. The molecule has 0 saturated carbocycles. The van der Waals surface area contributed by atoms with E-state index >= 15 is 0 Å². The first-order valence-corrected chi connectivity index (χ1v) is 9.23. The van der Waals surface area contributed by atoms with Crippen LogP contribution in [0.4, 0.5) is 0 Å². The van der Waals surface area contributed by atoms with Crippen LogP contribution in [0.25, 0.3) is 33.4 Å². The van der Waals surface area contributed by atoms with Gasteiger partial charge >= 0.3 is 0 Å². The molecule has 4 rings (SSSR count). The molecule has 0 aliphatic carbocycles. The van der Waals surface area contributed by atoms with E-state index in [0.717, 1.165) is 4.90 Å². The van der Waals surface area contributed by atoms with E-state index in [1.54, 1.807) is 0 Å². The van der Waals surface area contributed by atoms with Gasteiger partial charge in [-0.1, -0.05) is 91.0 Å². The molecule has 0 aliphatic rings. The van der Waals surface area contributed by atoms with Crippen molar-refractivity contribution in [3.63, 3.8) is 0 Å². The van der Waals surface area contributed by atoms with Crippen LogP contribution in [0.15, 0.2) is 102 Å². The van der Waals surface area contributed by atoms with E-state index in [1.807, 2.05) is 0 Å². The monoisotopic (exact) mass is 352 g/mol. The van der Waals surface area contributed by atoms with Crippen LogP contribution < -0.4 is 0 Å². The van der Waals surface area contributed by atoms with E-state index in [2.05, 4.69) is 104 Å². The van der Waals surface area contributed by atoms with E-state index in [4.69, 9.17) is 12.6 Å². The molecule has 1 heteroatoms. The highest BCUT2D eigenvalue weighted by Crippen LogP contribution is 2.43. The number of hydrogen-bond acceptors (Lipinski definition) is 1. The molecule has 0 amide bonds. The lowest BCUT2D eigenvalue weighted by atomic mass is 9.87. The maximum absolute atomic E-state index is 4.84. The summed E-state index contributed by atoms with van der Waals surface area (Å²) in [7, 11) is 0. The van der Waals surface area contributed by atoms with E-state index in [1.165, 1.54) is 38.9 Å². The minimum atomic E-state index is 0.998. The zero-order valence-electron chi connectivity index (χ0n) is 14.7. The molecule has 0 fully saturated rings. The summed E-state index contributed by atoms with van der Waals surface area (Å²) >= 11 is 4.84. The zero-order chi connectivity index (χ0) is 17.9. The van der Waals surface area contributed by atoms with Gasteiger partial charge in [0, 0.05) is 10.5 Å². The van der Waals surface area contributed by atoms with E-state index in [-0.39, 0.29) is 0 Å². The van der Waals surface area contributed by atoms with Crippen molar-refractivity contribution in [3.05, 3.63) is 103 Å². The molecule has 0 bridgehead atoms. The van der Waals surface area contributed by atoms with Crippen LogP contribution in [-0.4, -0.2) is 0 Å². The van der Waals surface area contributed by atoms with E-state index in [0.29, 0.717) is 0 Å². The second-order valence-electron chi connectivity index (χ2n) is 6.43. The molecular weight excluding hydrogens is 332 g/mol. The van der Waals surface area contributed by atoms with Crippen molar-refractivity contribution >= 4 is 12.6 Å². The standard InChI is InChI=1S/C25H20S/c1-18-10-8-15-21(19-11-4-2-5-12-19)24(18)25-22(16-9-17-23(25)26)20-13-6-3-7-14-20/h2-17,26H,1H3. The van der Waals surface area contributed by atoms with Crippen molar-refractivity contribution in [3.8, 4) is 33.4 Å². The fourth-order valence-electron chi connectivity index (χ4n) is 3.52. The van der Waals surface area contributed by atoms with Gasteiger partial charge in [-0.05, 0) is 46.4 Å². The number of rotatable bonds is 3. The Morgan fingerprint density at radius 3 is 1.58 bits per heavy atom. The molecule has 0 heterocycles. The molecular formula is C25H20S. The first kappa shape index (κ1) is 16.7. The van der Waals surface area contributed by atoms with Gasteiger partial charge < -0.3 is 0 Å². The van der Waals surface area contributed by atoms with Crippen LogP contribution >= 0.6 is 12.6 Å². The normalized spacial score (nSPS) is 10.7. The molecule has 4 aromatic rings. The van der Waals surface area contributed by atoms with Gasteiger partial charge in [0.1, 0.15) is 0 Å². The molecule has 0 saturated heterocycles. The second kappa shape index (κ2) is 7.23. The third-order valence-electron chi connectivity index (χ3n) is 4.73. The smallest absolute Gasteiger partial charge is 0.0125 e. The highest BCUT2D eigenvalue weighted by molar-refractivity contribution is 7.80. The first-order chi connectivity index (χ1) is 12.8. The molecule has 0 aliphatic heterocycles. The Morgan fingerprint density at radius 1 is 0.500 bits per heavy atom. The van der Waals surface area contributed by atoms with Crippen molar-refractivity contribution in [2.45, 2.75) is 11.8 Å². The van der Waals surface area contributed by atoms with Gasteiger partial charge in [0.05, 0.1) is 0 Å². The predicted octanol–water partition coefficient (Wildman–Crippen LogP) is 7.28. The maximum Gasteiger partial charge on any atom is 0.0125 e. The van der Waals surface area contributed by atoms with Gasteiger partial charge in [0.2, 0.25) is 0 Å². The molecule has 0 N–H and O–H groups in total. The summed E-state index contributed by atoms with van der Waals surface area (Å²) in [6.45, 7) is 2.18. The van der Waals surface area contributed by atoms with Gasteiger partial charge in [-0.3, -0.25) is 0 Å². The molecule has 26 heavy (non-hydrogen) atoms. The average molecular weight is 353 g/mol. The topological polar surface area (TPSA) is 0 Å². The summed E-state index contributed by atoms with van der Waals surface area (Å²) in [4.78, 5) is 0.998. The Balaban J connectivity index is 2.04. The van der Waals surface area contributed by atoms with Gasteiger partial charge in [-0.25, -0.2) is 0 Å². The van der Waals surface area contributed by atoms with Gasteiger partial charge in [-0.2, -0.15) is 0 Å². The second-order valence-corrected chi connectivity index (χ2v) is 6.91. The SMILES string of the molecule is Cc1cccc(-c2ccccc2)c1-c1c(S)cccc1-c1ccccc1. The highest BCUT2D eigenvalue weighted by atomic mass is 32.1. The quantitative estimate of drug-likeness (QED) is 0.368. The molecule has 0 atom stereocenters. The van der Waals surface area contributed by atoms with Gasteiger partial charge in [0.15, 0.2) is 0 Å². The fraction of sp³-hybridized carbons (Fsp3) is 0.0400. The lowest BCUT2D eigenvalue weighted by molar-refractivity contribution is 1.39. The lowest BCUT2D eigenvalue weighted by Crippen LogP contribution is -1.93. The predicted molar refractivity (Wildman–Crippen MR) is 115 cm³/mol. The van der Waals surface area contributed by atoms with Crippen molar-refractivity contribution in [2.75, 3.05) is 0 Å². The van der Waals surface area contributed by atoms with Gasteiger partial charge in [-0.15, -0.1) is 12.6 Å². The third kappa shape index (κ3) is 3.07. The molecule has 0 nitrogen and oxygen atoms in total. The molecule has 0 spiro atoms. The molecule has 4 aromatic carbocycles. The minimum absolute atomic E-state index is 0.998. The Labute approximate surface area is 160 Å². The summed E-state index contributed by atoms with van der Waals surface area (Å²) in [5, 5.41) is 0. The van der Waals surface area contributed by atoms with Crippen molar-refractivity contribution < 1.29 is 0 Å². The largest absolute Gasteiger partial charge is 0.143 e. The Morgan fingerprint density at radius 2 is 1.00 bits per heavy atom. The van der Waals surface area contributed by atoms with Crippen LogP contribution in [0.2, 0.25) is 0 Å². The third-order valence-corrected chi connectivity index (χ3v) is 5.11. The Hall–Kier alpha value is -2.77. The number of hydrogen-bond donors (Lipinski definition) is 1. The first-order valence-electron chi connectivity index (χ1n) is 8.78. The van der Waals surface area contributed by atoms with E-state index in [9.17, 15) is 0 Å². The summed E-state index contributed by atoms with van der Waals surface area (Å²) in [5.74, 6) is 0. The zero-order valence-corrected chi connectivity index (χ0v) is 15.6. The highest BCUT2D eigenvalue weighted by Gasteiger charge is 2.16. The molecule has 0 radical (unpaired) electrons. The summed E-state index contributed by atoms with van der Waals surface area (Å²) < 4.78 is 0. The van der Waals surface area contributed by atoms with E-state index < -0.39 is 0 Å². The molecule has 0 aromatic heterocycles. The van der Waals surface area contributed by atoms with Crippen LogP contribution in [0.5, 0.6) is 0 Å². The van der Waals surface area contributed by atoms with Crippen LogP contribution in [-0.2, 0) is 0 Å². The number of thiol groups is 1. The summed E-state index contributed by atoms with van der Waals surface area (Å²) in [6.07, 6.45) is 0. The Bertz CT molecular complexity index is 947. The van der Waals surface area contributed by atoms with Crippen molar-refractivity contribution in [2.24, 2.45) is 0 Å². The van der Waals surface area contributed by atoms with Gasteiger partial charge in [0.25, 0.3) is 0 Å². The maximum atomic E-state index is 4.84. The minimum Gasteiger partial charge on any atom is -0.143 e. The Kier molecular flexibility index (Phi) is 4.64.